The highest BCUT2D eigenvalue weighted by Crippen LogP contribution is 2.19. The Morgan fingerprint density at radius 2 is 2.00 bits per heavy atom. The molecule has 25 heavy (non-hydrogen) atoms. The molecule has 1 unspecified atom stereocenters. The van der Waals surface area contributed by atoms with Crippen molar-refractivity contribution in [3.05, 3.63) is 71.1 Å². The molecule has 1 aromatic heterocycles. The summed E-state index contributed by atoms with van der Waals surface area (Å²) in [5.74, 6) is -0.569. The van der Waals surface area contributed by atoms with E-state index in [0.29, 0.717) is 17.4 Å². The largest absolute Gasteiger partial charge is 0.326 e. The number of amides is 1. The maximum Gasteiger partial charge on any atom is 0.279 e. The zero-order chi connectivity index (χ0) is 17.8. The van der Waals surface area contributed by atoms with Crippen LogP contribution >= 0.6 is 11.6 Å². The van der Waals surface area contributed by atoms with Crippen molar-refractivity contribution in [2.24, 2.45) is 0 Å². The van der Waals surface area contributed by atoms with Crippen LogP contribution in [0.4, 0.5) is 10.1 Å². The minimum Gasteiger partial charge on any atom is -0.326 e. The van der Waals surface area contributed by atoms with E-state index >= 15 is 0 Å². The van der Waals surface area contributed by atoms with Gasteiger partial charge in [0.05, 0.1) is 12.6 Å². The lowest BCUT2D eigenvalue weighted by molar-refractivity contribution is -0.885. The van der Waals surface area contributed by atoms with Crippen molar-refractivity contribution >= 4 is 34.1 Å². The Labute approximate surface area is 150 Å². The normalized spacial score (nSPS) is 12.1. The van der Waals surface area contributed by atoms with Gasteiger partial charge in [-0.2, -0.15) is 0 Å². The topological polar surface area (TPSA) is 46.4 Å². The summed E-state index contributed by atoms with van der Waals surface area (Å²) >= 11 is 6.26. The first-order valence-corrected chi connectivity index (χ1v) is 8.30. The van der Waals surface area contributed by atoms with Gasteiger partial charge >= 0.3 is 0 Å². The molecule has 0 aliphatic carbocycles. The monoisotopic (exact) mass is 358 g/mol. The molecule has 1 atom stereocenters. The van der Waals surface area contributed by atoms with Crippen LogP contribution in [0.1, 0.15) is 5.56 Å². The third-order valence-corrected chi connectivity index (χ3v) is 4.14. The second-order valence-corrected chi connectivity index (χ2v) is 6.36. The number of quaternary nitrogens is 1. The molecule has 0 radical (unpaired) electrons. The third-order valence-electron chi connectivity index (χ3n) is 3.81. The van der Waals surface area contributed by atoms with Crippen molar-refractivity contribution in [3.8, 4) is 0 Å². The van der Waals surface area contributed by atoms with Gasteiger partial charge in [-0.25, -0.2) is 9.37 Å². The molecule has 3 rings (SSSR count). The van der Waals surface area contributed by atoms with Crippen molar-refractivity contribution in [2.45, 2.75) is 6.54 Å². The Balaban J connectivity index is 1.65. The van der Waals surface area contributed by atoms with E-state index in [1.807, 2.05) is 37.4 Å². The molecule has 0 bridgehead atoms. The number of aromatic nitrogens is 1. The van der Waals surface area contributed by atoms with Gasteiger partial charge in [-0.15, -0.1) is 0 Å². The lowest BCUT2D eigenvalue weighted by Crippen LogP contribution is -3.08. The van der Waals surface area contributed by atoms with Crippen LogP contribution < -0.4 is 10.2 Å². The van der Waals surface area contributed by atoms with Crippen LogP contribution in [0.5, 0.6) is 0 Å². The molecule has 6 heteroatoms. The van der Waals surface area contributed by atoms with Gasteiger partial charge in [-0.3, -0.25) is 4.79 Å². The number of carbonyl (C=O) groups is 1. The van der Waals surface area contributed by atoms with Crippen LogP contribution in [0.15, 0.2) is 54.6 Å². The molecule has 1 heterocycles. The molecule has 3 aromatic rings. The molecule has 0 saturated heterocycles. The maximum absolute atomic E-state index is 13.2. The fourth-order valence-corrected chi connectivity index (χ4v) is 2.91. The molecule has 0 saturated carbocycles. The Morgan fingerprint density at radius 1 is 1.20 bits per heavy atom. The number of likely N-dealkylation sites (N-methyl/N-ethyl adjacent to an activating group) is 1. The molecule has 1 amide bonds. The van der Waals surface area contributed by atoms with Crippen LogP contribution in [0.2, 0.25) is 5.15 Å². The van der Waals surface area contributed by atoms with Gasteiger partial charge in [-0.1, -0.05) is 35.9 Å². The average Bonchev–Trinajstić information content (AvgIpc) is 2.55. The van der Waals surface area contributed by atoms with Gasteiger partial charge in [-0.05, 0) is 30.3 Å². The standard InChI is InChI=1S/C19H17ClFN3O/c1-24(12-18(25)22-16-7-4-6-15(21)10-16)11-14-9-13-5-2-3-8-17(13)23-19(14)20/h2-10H,11-12H2,1H3,(H,22,25)/p+1. The van der Waals surface area contributed by atoms with Crippen LogP contribution in [-0.2, 0) is 11.3 Å². The van der Waals surface area contributed by atoms with Crippen LogP contribution in [0.25, 0.3) is 10.9 Å². The fourth-order valence-electron chi connectivity index (χ4n) is 2.69. The van der Waals surface area contributed by atoms with E-state index in [4.69, 9.17) is 11.6 Å². The van der Waals surface area contributed by atoms with E-state index in [2.05, 4.69) is 10.3 Å². The zero-order valence-corrected chi connectivity index (χ0v) is 14.5. The number of hydrogen-bond donors (Lipinski definition) is 2. The number of carbonyl (C=O) groups excluding carboxylic acids is 1. The number of pyridine rings is 1. The van der Waals surface area contributed by atoms with E-state index in [1.165, 1.54) is 12.1 Å². The average molecular weight is 359 g/mol. The summed E-state index contributed by atoms with van der Waals surface area (Å²) in [6.07, 6.45) is 0. The van der Waals surface area contributed by atoms with E-state index in [1.54, 1.807) is 12.1 Å². The summed E-state index contributed by atoms with van der Waals surface area (Å²) in [5, 5.41) is 4.16. The lowest BCUT2D eigenvalue weighted by Gasteiger charge is -2.15. The Kier molecular flexibility index (Phi) is 5.26. The number of halogens is 2. The van der Waals surface area contributed by atoms with Gasteiger partial charge in [0.15, 0.2) is 6.54 Å². The number of fused-ring (bicyclic) bond motifs is 1. The molecule has 0 spiro atoms. The first kappa shape index (κ1) is 17.3. The predicted molar refractivity (Wildman–Crippen MR) is 97.2 cm³/mol. The van der Waals surface area contributed by atoms with Crippen molar-refractivity contribution < 1.29 is 14.1 Å². The van der Waals surface area contributed by atoms with E-state index in [0.717, 1.165) is 21.4 Å². The Hall–Kier alpha value is -2.50. The molecular weight excluding hydrogens is 341 g/mol. The summed E-state index contributed by atoms with van der Waals surface area (Å²) in [6, 6.07) is 15.6. The highest BCUT2D eigenvalue weighted by molar-refractivity contribution is 6.30. The van der Waals surface area contributed by atoms with Gasteiger partial charge < -0.3 is 10.2 Å². The molecular formula is C19H18ClFN3O+. The van der Waals surface area contributed by atoms with Crippen molar-refractivity contribution in [3.63, 3.8) is 0 Å². The summed E-state index contributed by atoms with van der Waals surface area (Å²) in [6.45, 7) is 0.799. The van der Waals surface area contributed by atoms with Crippen LogP contribution in [0.3, 0.4) is 0 Å². The summed E-state index contributed by atoms with van der Waals surface area (Å²) in [4.78, 5) is 17.5. The fraction of sp³-hybridized carbons (Fsp3) is 0.158. The van der Waals surface area contributed by atoms with Crippen molar-refractivity contribution in [1.29, 1.82) is 0 Å². The highest BCUT2D eigenvalue weighted by atomic mass is 35.5. The van der Waals surface area contributed by atoms with Crippen molar-refractivity contribution in [1.82, 2.24) is 4.98 Å². The zero-order valence-electron chi connectivity index (χ0n) is 13.7. The number of nitrogens with zero attached hydrogens (tertiary/aromatic N) is 1. The number of hydrogen-bond acceptors (Lipinski definition) is 2. The second kappa shape index (κ2) is 7.59. The summed E-state index contributed by atoms with van der Waals surface area (Å²) in [5.41, 5.74) is 2.18. The number of rotatable bonds is 5. The Bertz CT molecular complexity index is 916. The van der Waals surface area contributed by atoms with Gasteiger partial charge in [0.25, 0.3) is 5.91 Å². The maximum atomic E-state index is 13.2. The molecule has 128 valence electrons. The van der Waals surface area contributed by atoms with E-state index in [-0.39, 0.29) is 18.3 Å². The number of benzene rings is 2. The number of nitrogens with one attached hydrogen (secondary N) is 2. The molecule has 2 aromatic carbocycles. The molecule has 0 aliphatic heterocycles. The third kappa shape index (κ3) is 4.53. The van der Waals surface area contributed by atoms with Crippen LogP contribution in [-0.4, -0.2) is 24.5 Å². The van der Waals surface area contributed by atoms with Gasteiger partial charge in [0.1, 0.15) is 17.5 Å². The minimum atomic E-state index is -0.382. The quantitative estimate of drug-likeness (QED) is 0.689. The van der Waals surface area contributed by atoms with Gasteiger partial charge in [0, 0.05) is 16.6 Å². The molecule has 4 nitrogen and oxygen atoms in total. The summed E-state index contributed by atoms with van der Waals surface area (Å²) < 4.78 is 13.2. The Morgan fingerprint density at radius 3 is 2.80 bits per heavy atom. The first-order valence-electron chi connectivity index (χ1n) is 7.92. The second-order valence-electron chi connectivity index (χ2n) is 6.00. The van der Waals surface area contributed by atoms with E-state index < -0.39 is 0 Å². The molecule has 0 fully saturated rings. The highest BCUT2D eigenvalue weighted by Gasteiger charge is 2.14. The SMILES string of the molecule is C[NH+](CC(=O)Nc1cccc(F)c1)Cc1cc2ccccc2nc1Cl. The smallest absolute Gasteiger partial charge is 0.279 e. The number of para-hydroxylation sites is 1. The first-order chi connectivity index (χ1) is 12.0. The number of anilines is 1. The van der Waals surface area contributed by atoms with Gasteiger partial charge in [0.2, 0.25) is 0 Å². The molecule has 2 N–H and O–H groups in total. The predicted octanol–water partition coefficient (Wildman–Crippen LogP) is 2.68. The minimum absolute atomic E-state index is 0.187. The van der Waals surface area contributed by atoms with E-state index in [9.17, 15) is 9.18 Å². The van der Waals surface area contributed by atoms with Crippen LogP contribution in [0, 0.1) is 5.82 Å². The van der Waals surface area contributed by atoms with Crippen molar-refractivity contribution in [2.75, 3.05) is 18.9 Å². The summed E-state index contributed by atoms with van der Waals surface area (Å²) in [7, 11) is 1.90. The lowest BCUT2D eigenvalue weighted by atomic mass is 10.1. The molecule has 0 aliphatic rings.